The van der Waals surface area contributed by atoms with Crippen LogP contribution in [0.25, 0.3) is 0 Å². The predicted octanol–water partition coefficient (Wildman–Crippen LogP) is 2.11. The van der Waals surface area contributed by atoms with Crippen molar-refractivity contribution in [3.8, 4) is 0 Å². The molecule has 1 fully saturated rings. The third kappa shape index (κ3) is 2.98. The van der Waals surface area contributed by atoms with Crippen LogP contribution in [0.2, 0.25) is 0 Å². The Hall–Kier alpha value is -2.69. The van der Waals surface area contributed by atoms with Gasteiger partial charge in [-0.25, -0.2) is 0 Å². The van der Waals surface area contributed by atoms with Gasteiger partial charge in [0, 0.05) is 43.1 Å². The molecule has 114 valence electrons. The van der Waals surface area contributed by atoms with Gasteiger partial charge in [0.25, 0.3) is 0 Å². The average Bonchev–Trinajstić information content (AvgIpc) is 2.62. The molecular formula is C17H20N4O. The maximum absolute atomic E-state index is 8.69. The molecule has 0 radical (unpaired) electrons. The van der Waals surface area contributed by atoms with E-state index in [1.807, 2.05) is 30.3 Å². The van der Waals surface area contributed by atoms with Crippen molar-refractivity contribution in [3.05, 3.63) is 60.2 Å². The first-order valence-corrected chi connectivity index (χ1v) is 7.41. The van der Waals surface area contributed by atoms with Crippen molar-refractivity contribution in [2.24, 2.45) is 10.9 Å². The lowest BCUT2D eigenvalue weighted by Crippen LogP contribution is -2.46. The van der Waals surface area contributed by atoms with E-state index >= 15 is 0 Å². The summed E-state index contributed by atoms with van der Waals surface area (Å²) in [5, 5.41) is 11.7. The first-order chi connectivity index (χ1) is 10.8. The lowest BCUT2D eigenvalue weighted by atomic mass is 10.1. The second-order valence-corrected chi connectivity index (χ2v) is 5.34. The zero-order chi connectivity index (χ0) is 15.4. The minimum absolute atomic E-state index is 0.139. The van der Waals surface area contributed by atoms with Gasteiger partial charge >= 0.3 is 0 Å². The molecule has 0 unspecified atom stereocenters. The summed E-state index contributed by atoms with van der Waals surface area (Å²) in [4.78, 5) is 4.76. The minimum Gasteiger partial charge on any atom is -0.409 e. The van der Waals surface area contributed by atoms with Crippen LogP contribution in [0, 0.1) is 0 Å². The van der Waals surface area contributed by atoms with E-state index in [1.165, 1.54) is 11.4 Å². The van der Waals surface area contributed by atoms with Gasteiger partial charge in [0.15, 0.2) is 5.84 Å². The molecule has 2 aromatic carbocycles. The van der Waals surface area contributed by atoms with Crippen LogP contribution >= 0.6 is 0 Å². The monoisotopic (exact) mass is 296 g/mol. The second kappa shape index (κ2) is 6.39. The van der Waals surface area contributed by atoms with Crippen molar-refractivity contribution < 1.29 is 5.21 Å². The molecule has 1 aliphatic heterocycles. The number of hydrogen-bond donors (Lipinski definition) is 2. The Morgan fingerprint density at radius 3 is 1.82 bits per heavy atom. The fraction of sp³-hybridized carbons (Fsp3) is 0.235. The third-order valence-corrected chi connectivity index (χ3v) is 4.04. The first-order valence-electron chi connectivity index (χ1n) is 7.41. The van der Waals surface area contributed by atoms with E-state index in [2.05, 4.69) is 39.2 Å². The van der Waals surface area contributed by atoms with Crippen molar-refractivity contribution in [2.45, 2.75) is 0 Å². The summed E-state index contributed by atoms with van der Waals surface area (Å²) < 4.78 is 0. The molecular weight excluding hydrogens is 276 g/mol. The van der Waals surface area contributed by atoms with Crippen LogP contribution in [0.4, 0.5) is 11.4 Å². The van der Waals surface area contributed by atoms with E-state index in [0.717, 1.165) is 31.7 Å². The van der Waals surface area contributed by atoms with Crippen LogP contribution in [0.3, 0.4) is 0 Å². The second-order valence-electron chi connectivity index (χ2n) is 5.34. The van der Waals surface area contributed by atoms with Crippen LogP contribution < -0.4 is 15.5 Å². The summed E-state index contributed by atoms with van der Waals surface area (Å²) in [5.74, 6) is 0.139. The molecule has 3 N–H and O–H groups in total. The van der Waals surface area contributed by atoms with Crippen LogP contribution in [0.1, 0.15) is 5.56 Å². The number of hydrogen-bond acceptors (Lipinski definition) is 4. The average molecular weight is 296 g/mol. The van der Waals surface area contributed by atoms with Crippen LogP contribution in [0.5, 0.6) is 0 Å². The Kier molecular flexibility index (Phi) is 4.14. The Morgan fingerprint density at radius 1 is 0.818 bits per heavy atom. The van der Waals surface area contributed by atoms with Gasteiger partial charge < -0.3 is 20.7 Å². The molecule has 0 aliphatic carbocycles. The molecule has 1 saturated heterocycles. The van der Waals surface area contributed by atoms with Crippen LogP contribution in [-0.2, 0) is 0 Å². The molecule has 0 saturated carbocycles. The Labute approximate surface area is 130 Å². The number of benzene rings is 2. The fourth-order valence-electron chi connectivity index (χ4n) is 2.76. The molecule has 0 spiro atoms. The molecule has 1 heterocycles. The van der Waals surface area contributed by atoms with Crippen molar-refractivity contribution in [1.82, 2.24) is 0 Å². The van der Waals surface area contributed by atoms with Crippen molar-refractivity contribution in [3.63, 3.8) is 0 Å². The SMILES string of the molecule is NC(=NO)c1ccc(N2CCN(c3ccccc3)CC2)cc1. The highest BCUT2D eigenvalue weighted by Gasteiger charge is 2.17. The van der Waals surface area contributed by atoms with E-state index in [4.69, 9.17) is 10.9 Å². The molecule has 3 rings (SSSR count). The van der Waals surface area contributed by atoms with E-state index in [1.54, 1.807) is 0 Å². The van der Waals surface area contributed by atoms with Gasteiger partial charge in [-0.15, -0.1) is 0 Å². The van der Waals surface area contributed by atoms with Gasteiger partial charge in [-0.05, 0) is 36.4 Å². The molecule has 0 bridgehead atoms. The molecule has 0 amide bonds. The van der Waals surface area contributed by atoms with Crippen molar-refractivity contribution in [1.29, 1.82) is 0 Å². The standard InChI is InChI=1S/C17H20N4O/c18-17(19-22)14-6-8-16(9-7-14)21-12-10-20(11-13-21)15-4-2-1-3-5-15/h1-9,22H,10-13H2,(H2,18,19). The lowest BCUT2D eigenvalue weighted by molar-refractivity contribution is 0.318. The molecule has 0 atom stereocenters. The van der Waals surface area contributed by atoms with E-state index in [0.29, 0.717) is 0 Å². The normalized spacial score (nSPS) is 15.9. The lowest BCUT2D eigenvalue weighted by Gasteiger charge is -2.37. The zero-order valence-electron chi connectivity index (χ0n) is 12.4. The quantitative estimate of drug-likeness (QED) is 0.394. The van der Waals surface area contributed by atoms with Gasteiger partial charge in [0.05, 0.1) is 0 Å². The predicted molar refractivity (Wildman–Crippen MR) is 89.8 cm³/mol. The Bertz CT molecular complexity index is 631. The molecule has 2 aromatic rings. The number of amidine groups is 1. The zero-order valence-corrected chi connectivity index (χ0v) is 12.4. The summed E-state index contributed by atoms with van der Waals surface area (Å²) >= 11 is 0. The number of nitrogens with zero attached hydrogens (tertiary/aromatic N) is 3. The van der Waals surface area contributed by atoms with Gasteiger partial charge in [0.2, 0.25) is 0 Å². The maximum atomic E-state index is 8.69. The number of para-hydroxylation sites is 1. The van der Waals surface area contributed by atoms with Gasteiger partial charge in [-0.1, -0.05) is 23.4 Å². The number of piperazine rings is 1. The highest BCUT2D eigenvalue weighted by atomic mass is 16.4. The smallest absolute Gasteiger partial charge is 0.170 e. The van der Waals surface area contributed by atoms with E-state index in [9.17, 15) is 0 Å². The summed E-state index contributed by atoms with van der Waals surface area (Å²) in [6.45, 7) is 3.98. The summed E-state index contributed by atoms with van der Waals surface area (Å²) in [5.41, 5.74) is 8.77. The molecule has 22 heavy (non-hydrogen) atoms. The summed E-state index contributed by atoms with van der Waals surface area (Å²) in [6, 6.07) is 18.3. The highest BCUT2D eigenvalue weighted by molar-refractivity contribution is 5.97. The maximum Gasteiger partial charge on any atom is 0.170 e. The van der Waals surface area contributed by atoms with Crippen LogP contribution in [-0.4, -0.2) is 37.2 Å². The first kappa shape index (κ1) is 14.3. The van der Waals surface area contributed by atoms with Crippen molar-refractivity contribution >= 4 is 17.2 Å². The molecule has 5 nitrogen and oxygen atoms in total. The number of nitrogens with two attached hydrogens (primary N) is 1. The summed E-state index contributed by atoms with van der Waals surface area (Å²) in [7, 11) is 0. The van der Waals surface area contributed by atoms with Gasteiger partial charge in [-0.2, -0.15) is 0 Å². The molecule has 0 aromatic heterocycles. The summed E-state index contributed by atoms with van der Waals surface area (Å²) in [6.07, 6.45) is 0. The number of oxime groups is 1. The van der Waals surface area contributed by atoms with E-state index in [-0.39, 0.29) is 5.84 Å². The topological polar surface area (TPSA) is 65.1 Å². The Balaban J connectivity index is 1.64. The van der Waals surface area contributed by atoms with E-state index < -0.39 is 0 Å². The number of anilines is 2. The highest BCUT2D eigenvalue weighted by Crippen LogP contribution is 2.20. The fourth-order valence-corrected chi connectivity index (χ4v) is 2.76. The molecule has 1 aliphatic rings. The molecule has 5 heteroatoms. The number of rotatable bonds is 3. The largest absolute Gasteiger partial charge is 0.409 e. The van der Waals surface area contributed by atoms with Crippen molar-refractivity contribution in [2.75, 3.05) is 36.0 Å². The minimum atomic E-state index is 0.139. The van der Waals surface area contributed by atoms with Gasteiger partial charge in [0.1, 0.15) is 0 Å². The van der Waals surface area contributed by atoms with Crippen LogP contribution in [0.15, 0.2) is 59.8 Å². The third-order valence-electron chi connectivity index (χ3n) is 4.04. The van der Waals surface area contributed by atoms with Gasteiger partial charge in [-0.3, -0.25) is 0 Å². The Morgan fingerprint density at radius 2 is 1.32 bits per heavy atom.